The Kier molecular flexibility index (Phi) is 2.58. The van der Waals surface area contributed by atoms with Gasteiger partial charge in [-0.25, -0.2) is 0 Å². The Bertz CT molecular complexity index is 572. The highest BCUT2D eigenvalue weighted by atomic mass is 32.1. The average molecular weight is 266 g/mol. The van der Waals surface area contributed by atoms with Crippen LogP contribution in [-0.4, -0.2) is 38.5 Å². The number of nitrogens with one attached hydrogen (secondary N) is 1. The number of nitrogens with zero attached hydrogens (tertiary/aromatic N) is 3. The minimum absolute atomic E-state index is 0.126. The molecule has 0 radical (unpaired) electrons. The second-order valence-corrected chi connectivity index (χ2v) is 5.26. The van der Waals surface area contributed by atoms with E-state index in [1.807, 2.05) is 0 Å². The zero-order valence-corrected chi connectivity index (χ0v) is 10.9. The van der Waals surface area contributed by atoms with Crippen LogP contribution in [0.4, 0.5) is 0 Å². The van der Waals surface area contributed by atoms with E-state index in [0.717, 1.165) is 18.7 Å². The Hall–Kier alpha value is -1.50. The molecule has 1 unspecified atom stereocenters. The van der Waals surface area contributed by atoms with Gasteiger partial charge in [0.1, 0.15) is 11.9 Å². The lowest BCUT2D eigenvalue weighted by atomic mass is 10.0. The highest BCUT2D eigenvalue weighted by Crippen LogP contribution is 2.40. The standard InChI is InChI=1S/C11H14N4O2S/c1-14-8(16)5-4-7(10(14)17)15-9(6-2-3-6)12-13-11(15)18/h6-7H,2-5H2,1H3,(H,13,18). The Labute approximate surface area is 109 Å². The number of hydrogen-bond acceptors (Lipinski definition) is 4. The van der Waals surface area contributed by atoms with Gasteiger partial charge in [0, 0.05) is 19.4 Å². The van der Waals surface area contributed by atoms with Crippen molar-refractivity contribution in [2.45, 2.75) is 37.6 Å². The van der Waals surface area contributed by atoms with Gasteiger partial charge in [0.05, 0.1) is 0 Å². The number of amides is 2. The van der Waals surface area contributed by atoms with Gasteiger partial charge in [-0.05, 0) is 31.5 Å². The predicted molar refractivity (Wildman–Crippen MR) is 65.4 cm³/mol. The number of rotatable bonds is 2. The van der Waals surface area contributed by atoms with Gasteiger partial charge in [-0.3, -0.25) is 24.2 Å². The van der Waals surface area contributed by atoms with Gasteiger partial charge >= 0.3 is 0 Å². The smallest absolute Gasteiger partial charge is 0.252 e. The molecular weight excluding hydrogens is 252 g/mol. The molecule has 1 saturated heterocycles. The van der Waals surface area contributed by atoms with Crippen LogP contribution in [-0.2, 0) is 9.59 Å². The number of aromatic amines is 1. The Morgan fingerprint density at radius 3 is 2.72 bits per heavy atom. The van der Waals surface area contributed by atoms with Gasteiger partial charge in [-0.15, -0.1) is 0 Å². The molecule has 1 N–H and O–H groups in total. The molecule has 1 aromatic rings. The van der Waals surface area contributed by atoms with Gasteiger partial charge in [-0.1, -0.05) is 0 Å². The fraction of sp³-hybridized carbons (Fsp3) is 0.636. The van der Waals surface area contributed by atoms with Crippen molar-refractivity contribution in [1.29, 1.82) is 0 Å². The highest BCUT2D eigenvalue weighted by molar-refractivity contribution is 7.71. The maximum atomic E-state index is 12.2. The van der Waals surface area contributed by atoms with Crippen LogP contribution in [0.15, 0.2) is 0 Å². The molecule has 2 fully saturated rings. The monoisotopic (exact) mass is 266 g/mol. The van der Waals surface area contributed by atoms with Crippen molar-refractivity contribution in [2.24, 2.45) is 0 Å². The molecule has 1 aliphatic heterocycles. The van der Waals surface area contributed by atoms with Gasteiger partial charge in [0.25, 0.3) is 5.91 Å². The average Bonchev–Trinajstić information content (AvgIpc) is 3.12. The lowest BCUT2D eigenvalue weighted by Gasteiger charge is -2.28. The Balaban J connectivity index is 1.99. The summed E-state index contributed by atoms with van der Waals surface area (Å²) in [5, 5.41) is 6.98. The molecule has 1 aliphatic carbocycles. The third-order valence-electron chi connectivity index (χ3n) is 3.61. The Morgan fingerprint density at radius 2 is 2.06 bits per heavy atom. The maximum absolute atomic E-state index is 12.2. The molecule has 0 bridgehead atoms. The molecule has 3 rings (SSSR count). The minimum Gasteiger partial charge on any atom is -0.291 e. The molecule has 1 saturated carbocycles. The van der Waals surface area contributed by atoms with E-state index in [0.29, 0.717) is 23.5 Å². The van der Waals surface area contributed by atoms with Crippen molar-refractivity contribution in [3.63, 3.8) is 0 Å². The molecule has 0 aromatic carbocycles. The SMILES string of the molecule is CN1C(=O)CCC(n2c(C3CC3)n[nH]c2=S)C1=O. The lowest BCUT2D eigenvalue weighted by molar-refractivity contribution is -0.149. The highest BCUT2D eigenvalue weighted by Gasteiger charge is 2.38. The van der Waals surface area contributed by atoms with Crippen LogP contribution in [0, 0.1) is 4.77 Å². The molecule has 18 heavy (non-hydrogen) atoms. The number of hydrogen-bond donors (Lipinski definition) is 1. The van der Waals surface area contributed by atoms with E-state index >= 15 is 0 Å². The fourth-order valence-corrected chi connectivity index (χ4v) is 2.65. The number of carbonyl (C=O) groups excluding carboxylic acids is 2. The normalized spacial score (nSPS) is 24.7. The maximum Gasteiger partial charge on any atom is 0.252 e. The quantitative estimate of drug-likeness (QED) is 0.643. The third kappa shape index (κ3) is 1.69. The summed E-state index contributed by atoms with van der Waals surface area (Å²) in [4.78, 5) is 24.9. The summed E-state index contributed by atoms with van der Waals surface area (Å²) >= 11 is 5.21. The number of aromatic nitrogens is 3. The first-order chi connectivity index (χ1) is 8.59. The van der Waals surface area contributed by atoms with Crippen LogP contribution < -0.4 is 0 Å². The molecule has 2 amide bonds. The molecule has 96 valence electrons. The van der Waals surface area contributed by atoms with Gasteiger partial charge < -0.3 is 0 Å². The summed E-state index contributed by atoms with van der Waals surface area (Å²) in [7, 11) is 1.53. The van der Waals surface area contributed by atoms with E-state index in [9.17, 15) is 9.59 Å². The van der Waals surface area contributed by atoms with Crippen molar-refractivity contribution in [1.82, 2.24) is 19.7 Å². The van der Waals surface area contributed by atoms with Gasteiger partial charge in [0.15, 0.2) is 4.77 Å². The molecule has 7 heteroatoms. The zero-order chi connectivity index (χ0) is 12.9. The molecular formula is C11H14N4O2S. The van der Waals surface area contributed by atoms with Crippen molar-refractivity contribution in [2.75, 3.05) is 7.05 Å². The number of carbonyl (C=O) groups is 2. The first-order valence-electron chi connectivity index (χ1n) is 6.07. The molecule has 1 atom stereocenters. The van der Waals surface area contributed by atoms with Crippen LogP contribution in [0.5, 0.6) is 0 Å². The van der Waals surface area contributed by atoms with E-state index in [2.05, 4.69) is 10.2 Å². The third-order valence-corrected chi connectivity index (χ3v) is 3.90. The van der Waals surface area contributed by atoms with E-state index in [1.165, 1.54) is 11.9 Å². The van der Waals surface area contributed by atoms with E-state index in [4.69, 9.17) is 12.2 Å². The summed E-state index contributed by atoms with van der Waals surface area (Å²) in [6.07, 6.45) is 3.07. The molecule has 6 nitrogen and oxygen atoms in total. The lowest BCUT2D eigenvalue weighted by Crippen LogP contribution is -2.43. The molecule has 0 spiro atoms. The fourth-order valence-electron chi connectivity index (χ4n) is 2.38. The van der Waals surface area contributed by atoms with Crippen LogP contribution in [0.3, 0.4) is 0 Å². The van der Waals surface area contributed by atoms with Crippen molar-refractivity contribution in [3.8, 4) is 0 Å². The van der Waals surface area contributed by atoms with Crippen LogP contribution >= 0.6 is 12.2 Å². The number of H-pyrrole nitrogens is 1. The summed E-state index contributed by atoms with van der Waals surface area (Å²) in [5.41, 5.74) is 0. The predicted octanol–water partition coefficient (Wildman–Crippen LogP) is 1.14. The largest absolute Gasteiger partial charge is 0.291 e. The Morgan fingerprint density at radius 1 is 1.33 bits per heavy atom. The minimum atomic E-state index is -0.380. The number of imide groups is 1. The van der Waals surface area contributed by atoms with Crippen LogP contribution in [0.25, 0.3) is 0 Å². The van der Waals surface area contributed by atoms with Crippen molar-refractivity contribution in [3.05, 3.63) is 10.6 Å². The summed E-state index contributed by atoms with van der Waals surface area (Å²) < 4.78 is 2.27. The first kappa shape index (κ1) is 11.6. The van der Waals surface area contributed by atoms with Crippen LogP contribution in [0.1, 0.15) is 43.5 Å². The topological polar surface area (TPSA) is 71.0 Å². The molecule has 2 aliphatic rings. The molecule has 2 heterocycles. The number of likely N-dealkylation sites (N-methyl/N-ethyl adjacent to an activating group) is 1. The second kappa shape index (κ2) is 4.01. The second-order valence-electron chi connectivity index (χ2n) is 4.88. The number of piperidine rings is 1. The number of likely N-dealkylation sites (tertiary alicyclic amines) is 1. The summed E-state index contributed by atoms with van der Waals surface area (Å²) in [5.74, 6) is 0.958. The van der Waals surface area contributed by atoms with Gasteiger partial charge in [-0.2, -0.15) is 5.10 Å². The zero-order valence-electron chi connectivity index (χ0n) is 10.0. The summed E-state index contributed by atoms with van der Waals surface area (Å²) in [6, 6.07) is -0.380. The summed E-state index contributed by atoms with van der Waals surface area (Å²) in [6.45, 7) is 0. The van der Waals surface area contributed by atoms with Gasteiger partial charge in [0.2, 0.25) is 5.91 Å². The van der Waals surface area contributed by atoms with Crippen molar-refractivity contribution < 1.29 is 9.59 Å². The van der Waals surface area contributed by atoms with E-state index in [1.54, 1.807) is 4.57 Å². The first-order valence-corrected chi connectivity index (χ1v) is 6.47. The van der Waals surface area contributed by atoms with Crippen molar-refractivity contribution >= 4 is 24.0 Å². The van der Waals surface area contributed by atoms with E-state index < -0.39 is 0 Å². The van der Waals surface area contributed by atoms with E-state index in [-0.39, 0.29) is 17.9 Å². The van der Waals surface area contributed by atoms with Crippen LogP contribution in [0.2, 0.25) is 0 Å². The molecule has 1 aromatic heterocycles.